The molecule has 0 N–H and O–H groups in total. The van der Waals surface area contributed by atoms with Crippen molar-refractivity contribution in [3.63, 3.8) is 0 Å². The number of hydrogen-bond acceptors (Lipinski definition) is 0. The Morgan fingerprint density at radius 1 is 0.556 bits per heavy atom. The van der Waals surface area contributed by atoms with Gasteiger partial charge in [0.15, 0.2) is 0 Å². The summed E-state index contributed by atoms with van der Waals surface area (Å²) in [5, 5.41) is 3.09. The van der Waals surface area contributed by atoms with Crippen LogP contribution in [0.25, 0.3) is 34.4 Å². The SMILES string of the molecule is C[Si](C)(C)c1ccc(-c2cccc3c2C=C2[CH]3[Hf]([CH3])([CH3])[CH]3C(=Cc4c(-c5ccc([Si](C)(C)C)cc5)cccc43)C23CCC3)cc1. The molecule has 0 bridgehead atoms. The topological polar surface area (TPSA) is 0 Å². The molecule has 1 spiro atoms. The van der Waals surface area contributed by atoms with E-state index in [4.69, 9.17) is 0 Å². The van der Waals surface area contributed by atoms with Gasteiger partial charge in [0.2, 0.25) is 0 Å². The number of benzene rings is 4. The molecule has 3 heteroatoms. The standard InChI is InChI=1S/C40H42Si2.2CH3.Hf/c1-41(2,3)34-18-14-28(15-19-34)36-12-7-10-30-24-32(26-38(30)36)40(22-9-23-40)33-25-31-11-8-13-37(39(31)27-33)29-16-20-35(21-17-29)42(4,5)6;;;/h7-8,10-21,24-27H,9,22-23H2,1-6H3;2*1H3;. The Morgan fingerprint density at radius 2 is 0.956 bits per heavy atom. The Labute approximate surface area is 278 Å². The van der Waals surface area contributed by atoms with Crippen molar-refractivity contribution in [2.45, 2.75) is 75.3 Å². The van der Waals surface area contributed by atoms with Crippen LogP contribution in [0.4, 0.5) is 0 Å². The molecule has 8 rings (SSSR count). The van der Waals surface area contributed by atoms with Crippen molar-refractivity contribution in [3.8, 4) is 22.3 Å². The molecule has 1 saturated carbocycles. The maximum absolute atomic E-state index is 3.03. The summed E-state index contributed by atoms with van der Waals surface area (Å²) in [4.78, 5) is 0. The molecule has 3 aliphatic carbocycles. The predicted molar refractivity (Wildman–Crippen MR) is 199 cm³/mol. The van der Waals surface area contributed by atoms with Gasteiger partial charge in [0, 0.05) is 0 Å². The summed E-state index contributed by atoms with van der Waals surface area (Å²) in [6.45, 7) is 14.7. The Morgan fingerprint density at radius 3 is 1.29 bits per heavy atom. The minimum atomic E-state index is -3.03. The van der Waals surface area contributed by atoms with E-state index in [9.17, 15) is 0 Å². The summed E-state index contributed by atoms with van der Waals surface area (Å²) in [6.07, 6.45) is 9.44. The van der Waals surface area contributed by atoms with Gasteiger partial charge in [-0.1, -0.05) is 0 Å². The van der Waals surface area contributed by atoms with Crippen molar-refractivity contribution in [2.24, 2.45) is 5.41 Å². The summed E-state index contributed by atoms with van der Waals surface area (Å²) < 4.78 is 6.93. The second-order valence-corrected chi connectivity index (χ2v) is 44.5. The first-order valence-electron chi connectivity index (χ1n) is 17.2. The normalized spacial score (nSPS) is 22.1. The number of allylic oxidation sites excluding steroid dienone is 2. The fourth-order valence-electron chi connectivity index (χ4n) is 9.48. The van der Waals surface area contributed by atoms with Gasteiger partial charge >= 0.3 is 280 Å². The van der Waals surface area contributed by atoms with Gasteiger partial charge in [-0.2, -0.15) is 0 Å². The molecule has 2 fully saturated rings. The average Bonchev–Trinajstić information content (AvgIpc) is 3.57. The summed E-state index contributed by atoms with van der Waals surface area (Å²) in [5.41, 5.74) is 15.9. The zero-order chi connectivity index (χ0) is 31.5. The molecule has 2 unspecified atom stereocenters. The van der Waals surface area contributed by atoms with E-state index in [-0.39, 0.29) is 5.41 Å². The van der Waals surface area contributed by atoms with Crippen molar-refractivity contribution in [1.29, 1.82) is 0 Å². The Bertz CT molecular complexity index is 1770. The van der Waals surface area contributed by atoms with Crippen molar-refractivity contribution in [2.75, 3.05) is 0 Å². The summed E-state index contributed by atoms with van der Waals surface area (Å²) in [6, 6.07) is 33.8. The molecule has 228 valence electrons. The number of hydrogen-bond donors (Lipinski definition) is 0. The van der Waals surface area contributed by atoms with E-state index in [0.717, 1.165) is 0 Å². The van der Waals surface area contributed by atoms with Crippen molar-refractivity contribution in [3.05, 3.63) is 118 Å². The van der Waals surface area contributed by atoms with Crippen LogP contribution in [0.1, 0.15) is 48.9 Å². The van der Waals surface area contributed by atoms with Crippen LogP contribution < -0.4 is 10.4 Å². The monoisotopic (exact) mass is 788 g/mol. The Kier molecular flexibility index (Phi) is 6.73. The maximum atomic E-state index is 2.80. The fourth-order valence-corrected chi connectivity index (χ4v) is 28.9. The van der Waals surface area contributed by atoms with Gasteiger partial charge < -0.3 is 0 Å². The molecule has 4 aromatic rings. The fraction of sp³-hybridized carbons (Fsp3) is 0.333. The van der Waals surface area contributed by atoms with Crippen LogP contribution in [0.2, 0.25) is 48.6 Å². The molecule has 0 radical (unpaired) electrons. The van der Waals surface area contributed by atoms with Crippen LogP contribution in [0.15, 0.2) is 96.1 Å². The molecule has 1 saturated heterocycles. The summed E-state index contributed by atoms with van der Waals surface area (Å²) in [7, 11) is -2.65. The van der Waals surface area contributed by atoms with E-state index >= 15 is 0 Å². The van der Waals surface area contributed by atoms with E-state index in [1.165, 1.54) is 52.6 Å². The van der Waals surface area contributed by atoms with Crippen LogP contribution in [0.5, 0.6) is 0 Å². The molecule has 2 atom stereocenters. The van der Waals surface area contributed by atoms with Crippen molar-refractivity contribution < 1.29 is 20.0 Å². The van der Waals surface area contributed by atoms with E-state index in [1.54, 1.807) is 32.6 Å². The predicted octanol–water partition coefficient (Wildman–Crippen LogP) is 11.1. The van der Waals surface area contributed by atoms with Crippen molar-refractivity contribution in [1.82, 2.24) is 0 Å². The second kappa shape index (κ2) is 10.1. The Hall–Kier alpha value is -2.34. The first-order valence-corrected chi connectivity index (χ1v) is 35.6. The zero-order valence-corrected chi connectivity index (χ0v) is 34.1. The number of rotatable bonds is 4. The van der Waals surface area contributed by atoms with Crippen LogP contribution in [-0.4, -0.2) is 16.1 Å². The molecule has 4 aliphatic rings. The van der Waals surface area contributed by atoms with Gasteiger partial charge in [-0.25, -0.2) is 0 Å². The second-order valence-electron chi connectivity index (χ2n) is 17.1. The van der Waals surface area contributed by atoms with Gasteiger partial charge in [-0.3, -0.25) is 0 Å². The third kappa shape index (κ3) is 4.43. The molecule has 0 amide bonds. The van der Waals surface area contributed by atoms with E-state index in [0.29, 0.717) is 7.35 Å². The summed E-state index contributed by atoms with van der Waals surface area (Å²) in [5.74, 6) is 0. The average molecular weight is 788 g/mol. The van der Waals surface area contributed by atoms with Gasteiger partial charge in [-0.05, 0) is 0 Å². The third-order valence-electron chi connectivity index (χ3n) is 12.0. The third-order valence-corrected chi connectivity index (χ3v) is 31.3. The quantitative estimate of drug-likeness (QED) is 0.181. The summed E-state index contributed by atoms with van der Waals surface area (Å²) >= 11 is -3.03. The van der Waals surface area contributed by atoms with Crippen LogP contribution in [0, 0.1) is 5.41 Å². The molecular weight excluding hydrogens is 739 g/mol. The first-order chi connectivity index (χ1) is 21.3. The Balaban J connectivity index is 1.26. The molecule has 0 aromatic heterocycles. The molecule has 4 aromatic carbocycles. The van der Waals surface area contributed by atoms with Gasteiger partial charge in [0.1, 0.15) is 0 Å². The van der Waals surface area contributed by atoms with E-state index < -0.39 is 36.1 Å². The number of fused-ring (bicyclic) bond motifs is 8. The zero-order valence-electron chi connectivity index (χ0n) is 28.5. The van der Waals surface area contributed by atoms with Gasteiger partial charge in [0.05, 0.1) is 0 Å². The van der Waals surface area contributed by atoms with Gasteiger partial charge in [-0.15, -0.1) is 0 Å². The molecule has 0 nitrogen and oxygen atoms in total. The van der Waals surface area contributed by atoms with Crippen LogP contribution in [0.3, 0.4) is 0 Å². The molecule has 1 aliphatic heterocycles. The molecular formula is C42H48HfSi2. The van der Waals surface area contributed by atoms with E-state index in [2.05, 4.69) is 146 Å². The van der Waals surface area contributed by atoms with Gasteiger partial charge in [0.25, 0.3) is 0 Å². The molecule has 45 heavy (non-hydrogen) atoms. The first kappa shape index (κ1) is 30.0. The minimum absolute atomic E-state index is 0.251. The van der Waals surface area contributed by atoms with Crippen LogP contribution >= 0.6 is 0 Å². The molecule has 1 heterocycles. The van der Waals surface area contributed by atoms with Crippen molar-refractivity contribution >= 4 is 38.7 Å². The van der Waals surface area contributed by atoms with Crippen LogP contribution in [-0.2, 0) is 20.0 Å². The van der Waals surface area contributed by atoms with E-state index in [1.807, 2.05) is 0 Å².